The molecule has 1 aromatic heterocycles. The normalized spacial score (nSPS) is 19.9. The molecule has 0 bridgehead atoms. The fraction of sp³-hybridized carbons (Fsp3) is 0.714. The summed E-state index contributed by atoms with van der Waals surface area (Å²) in [5.41, 5.74) is 2.03. The van der Waals surface area contributed by atoms with Crippen molar-refractivity contribution in [2.75, 3.05) is 19.6 Å². The largest absolute Gasteiger partial charge is 0.354 e. The van der Waals surface area contributed by atoms with E-state index in [1.54, 1.807) is 0 Å². The molecule has 122 valence electrons. The molecule has 1 aromatic rings. The Morgan fingerprint density at radius 2 is 2.05 bits per heavy atom. The van der Waals surface area contributed by atoms with Crippen molar-refractivity contribution in [2.24, 2.45) is 5.92 Å². The van der Waals surface area contributed by atoms with Crippen molar-refractivity contribution in [3.8, 4) is 0 Å². The predicted molar refractivity (Wildman–Crippen MR) is 81.7 cm³/mol. The van der Waals surface area contributed by atoms with E-state index in [0.717, 1.165) is 24.2 Å². The van der Waals surface area contributed by atoms with Crippen molar-refractivity contribution in [3.63, 3.8) is 0 Å². The van der Waals surface area contributed by atoms with E-state index in [0.29, 0.717) is 26.2 Å². The number of amides is 1. The first-order valence-electron chi connectivity index (χ1n) is 7.65. The molecule has 22 heavy (non-hydrogen) atoms. The van der Waals surface area contributed by atoms with Crippen molar-refractivity contribution in [1.29, 1.82) is 0 Å². The molecule has 1 saturated heterocycles. The van der Waals surface area contributed by atoms with Crippen molar-refractivity contribution in [2.45, 2.75) is 38.5 Å². The highest BCUT2D eigenvalue weighted by Gasteiger charge is 2.46. The zero-order chi connectivity index (χ0) is 15.9. The van der Waals surface area contributed by atoms with Crippen LogP contribution in [0, 0.1) is 19.8 Å². The minimum atomic E-state index is -3.12. The van der Waals surface area contributed by atoms with Gasteiger partial charge in [-0.3, -0.25) is 9.48 Å². The Morgan fingerprint density at radius 3 is 2.59 bits per heavy atom. The van der Waals surface area contributed by atoms with E-state index in [2.05, 4.69) is 10.4 Å². The summed E-state index contributed by atoms with van der Waals surface area (Å²) in [6.45, 7) is 5.70. The first kappa shape index (κ1) is 15.5. The van der Waals surface area contributed by atoms with Crippen LogP contribution in [0.4, 0.5) is 0 Å². The van der Waals surface area contributed by atoms with E-state index in [-0.39, 0.29) is 17.1 Å². The van der Waals surface area contributed by atoms with Gasteiger partial charge in [0.2, 0.25) is 15.9 Å². The Morgan fingerprint density at radius 1 is 1.36 bits per heavy atom. The Hall–Kier alpha value is -1.41. The van der Waals surface area contributed by atoms with Gasteiger partial charge in [-0.25, -0.2) is 8.42 Å². The monoisotopic (exact) mass is 326 g/mol. The standard InChI is InChI=1S/C14H22N4O3S/c1-10-7-11(2)18(16-10)6-5-15-14(19)12-8-17(9-12)22(20,21)13-3-4-13/h7,12-13H,3-6,8-9H2,1-2H3,(H,15,19). The third-order valence-electron chi connectivity index (χ3n) is 4.25. The number of sulfonamides is 1. The van der Waals surface area contributed by atoms with E-state index >= 15 is 0 Å². The lowest BCUT2D eigenvalue weighted by Gasteiger charge is -2.37. The molecule has 3 rings (SSSR count). The molecule has 1 aliphatic heterocycles. The zero-order valence-electron chi connectivity index (χ0n) is 12.9. The van der Waals surface area contributed by atoms with Crippen molar-refractivity contribution in [1.82, 2.24) is 19.4 Å². The first-order valence-corrected chi connectivity index (χ1v) is 9.16. The lowest BCUT2D eigenvalue weighted by molar-refractivity contribution is -0.128. The lowest BCUT2D eigenvalue weighted by Crippen LogP contribution is -2.56. The van der Waals surface area contributed by atoms with Gasteiger partial charge in [-0.2, -0.15) is 9.40 Å². The fourth-order valence-electron chi connectivity index (χ4n) is 2.72. The lowest BCUT2D eigenvalue weighted by atomic mass is 10.0. The molecular weight excluding hydrogens is 304 g/mol. The van der Waals surface area contributed by atoms with Crippen LogP contribution in [0.2, 0.25) is 0 Å². The fourth-order valence-corrected chi connectivity index (χ4v) is 4.65. The van der Waals surface area contributed by atoms with Crippen LogP contribution in [0.3, 0.4) is 0 Å². The summed E-state index contributed by atoms with van der Waals surface area (Å²) in [5, 5.41) is 7.01. The molecular formula is C14H22N4O3S. The molecule has 2 fully saturated rings. The Bertz CT molecular complexity index is 672. The van der Waals surface area contributed by atoms with E-state index in [1.807, 2.05) is 24.6 Å². The quantitative estimate of drug-likeness (QED) is 0.800. The van der Waals surface area contributed by atoms with Gasteiger partial charge in [-0.1, -0.05) is 0 Å². The van der Waals surface area contributed by atoms with Gasteiger partial charge in [0, 0.05) is 25.3 Å². The molecule has 7 nitrogen and oxygen atoms in total. The highest BCUT2D eigenvalue weighted by atomic mass is 32.2. The second-order valence-corrected chi connectivity index (χ2v) is 8.41. The zero-order valence-corrected chi connectivity index (χ0v) is 13.8. The van der Waals surface area contributed by atoms with Crippen LogP contribution in [0.15, 0.2) is 6.07 Å². The molecule has 2 heterocycles. The van der Waals surface area contributed by atoms with E-state index in [4.69, 9.17) is 0 Å². The van der Waals surface area contributed by atoms with Gasteiger partial charge in [0.1, 0.15) is 0 Å². The third kappa shape index (κ3) is 3.03. The van der Waals surface area contributed by atoms with Crippen molar-refractivity contribution < 1.29 is 13.2 Å². The molecule has 2 aliphatic rings. The van der Waals surface area contributed by atoms with E-state index in [9.17, 15) is 13.2 Å². The number of aromatic nitrogens is 2. The van der Waals surface area contributed by atoms with Gasteiger partial charge in [-0.05, 0) is 32.8 Å². The van der Waals surface area contributed by atoms with Gasteiger partial charge in [0.15, 0.2) is 0 Å². The average Bonchev–Trinajstić information content (AvgIpc) is 3.15. The molecule has 0 spiro atoms. The van der Waals surface area contributed by atoms with E-state index < -0.39 is 10.0 Å². The number of carbonyl (C=O) groups excluding carboxylic acids is 1. The second kappa shape index (κ2) is 5.66. The Kier molecular flexibility index (Phi) is 3.98. The van der Waals surface area contributed by atoms with Crippen molar-refractivity contribution in [3.05, 3.63) is 17.5 Å². The number of nitrogens with zero attached hydrogens (tertiary/aromatic N) is 3. The summed E-state index contributed by atoms with van der Waals surface area (Å²) < 4.78 is 27.2. The smallest absolute Gasteiger partial charge is 0.225 e. The summed E-state index contributed by atoms with van der Waals surface area (Å²) >= 11 is 0. The van der Waals surface area contributed by atoms with Crippen LogP contribution >= 0.6 is 0 Å². The van der Waals surface area contributed by atoms with E-state index in [1.165, 1.54) is 4.31 Å². The number of aryl methyl sites for hydroxylation is 2. The highest BCUT2D eigenvalue weighted by Crippen LogP contribution is 2.34. The van der Waals surface area contributed by atoms with Gasteiger partial charge in [0.05, 0.1) is 23.4 Å². The number of nitrogens with one attached hydrogen (secondary N) is 1. The minimum Gasteiger partial charge on any atom is -0.354 e. The predicted octanol–water partition coefficient (Wildman–Crippen LogP) is 0.0401. The molecule has 1 aliphatic carbocycles. The topological polar surface area (TPSA) is 84.3 Å². The van der Waals surface area contributed by atoms with Crippen LogP contribution in [-0.4, -0.2) is 53.3 Å². The van der Waals surface area contributed by atoms with Gasteiger partial charge >= 0.3 is 0 Å². The summed E-state index contributed by atoms with van der Waals surface area (Å²) in [7, 11) is -3.12. The van der Waals surface area contributed by atoms with Crippen molar-refractivity contribution >= 4 is 15.9 Å². The maximum absolute atomic E-state index is 12.0. The molecule has 1 N–H and O–H groups in total. The number of rotatable bonds is 6. The van der Waals surface area contributed by atoms with Crippen LogP contribution in [0.5, 0.6) is 0 Å². The summed E-state index contributed by atoms with van der Waals surface area (Å²) in [5.74, 6) is -0.280. The van der Waals surface area contributed by atoms with Gasteiger partial charge < -0.3 is 5.32 Å². The molecule has 1 amide bonds. The third-order valence-corrected chi connectivity index (χ3v) is 6.58. The maximum atomic E-state index is 12.0. The molecule has 0 atom stereocenters. The Balaban J connectivity index is 1.41. The first-order chi connectivity index (χ1) is 10.4. The molecule has 0 radical (unpaired) electrons. The Labute approximate surface area is 130 Å². The minimum absolute atomic E-state index is 0.0659. The summed E-state index contributed by atoms with van der Waals surface area (Å²) in [4.78, 5) is 12.0. The molecule has 0 aromatic carbocycles. The van der Waals surface area contributed by atoms with Crippen LogP contribution < -0.4 is 5.32 Å². The van der Waals surface area contributed by atoms with Crippen LogP contribution in [0.25, 0.3) is 0 Å². The molecule has 1 saturated carbocycles. The van der Waals surface area contributed by atoms with Crippen LogP contribution in [0.1, 0.15) is 24.2 Å². The second-order valence-electron chi connectivity index (χ2n) is 6.20. The molecule has 0 unspecified atom stereocenters. The van der Waals surface area contributed by atoms with Crippen LogP contribution in [-0.2, 0) is 21.4 Å². The summed E-state index contributed by atoms with van der Waals surface area (Å²) in [6, 6.07) is 1.99. The van der Waals surface area contributed by atoms with Gasteiger partial charge in [0.25, 0.3) is 0 Å². The maximum Gasteiger partial charge on any atom is 0.225 e. The number of carbonyl (C=O) groups is 1. The average molecular weight is 326 g/mol. The highest BCUT2D eigenvalue weighted by molar-refractivity contribution is 7.90. The summed E-state index contributed by atoms with van der Waals surface area (Å²) in [6.07, 6.45) is 1.52. The number of hydrogen-bond acceptors (Lipinski definition) is 4. The molecule has 8 heteroatoms. The number of hydrogen-bond donors (Lipinski definition) is 1. The van der Waals surface area contributed by atoms with Gasteiger partial charge in [-0.15, -0.1) is 0 Å². The SMILES string of the molecule is Cc1cc(C)n(CCNC(=O)C2CN(S(=O)(=O)C3CC3)C2)n1.